The van der Waals surface area contributed by atoms with Gasteiger partial charge >= 0.3 is 5.97 Å². The predicted molar refractivity (Wildman–Crippen MR) is 222 cm³/mol. The van der Waals surface area contributed by atoms with Crippen molar-refractivity contribution in [2.75, 3.05) is 31.6 Å². The molecule has 1 aromatic carbocycles. The van der Waals surface area contributed by atoms with E-state index in [0.29, 0.717) is 60.3 Å². The number of anilines is 2. The van der Waals surface area contributed by atoms with Gasteiger partial charge in [-0.2, -0.15) is 0 Å². The number of phenolic OH excluding ortho intramolecular Hbond substituents is 1. The predicted octanol–water partition coefficient (Wildman–Crippen LogP) is 5.30. The van der Waals surface area contributed by atoms with Crippen molar-refractivity contribution in [2.45, 2.75) is 88.7 Å². The number of carbonyl (C=O) groups is 1. The number of nitrogens with zero attached hydrogens (tertiary/aromatic N) is 4. The standard InChI is InChI=1S/C45H49N7O7/c1-22-11-32(53)39-33(56-22)17-34-40(41(39)54)38-29-7-6-27(14-26(29)18-48-4)45(43(55)57-42(38)44(2,3)58-34)35(59-45)8-5-23-12-30(51-36(46)13-23)25-15-28(50-37(47)16-25)20-52-19-24-9-10-49-31(24)21-52/h9-13,15-17,21,26-27,29,35,38,42,48,54H,5-8,14,18-20H2,1-4H3,(H2,46,51)(H2,47,50)/t26-,27-,29+,35+,38-,42+,45-/m0/s1. The van der Waals surface area contributed by atoms with Crippen molar-refractivity contribution < 1.29 is 28.5 Å². The molecule has 3 aromatic heterocycles. The van der Waals surface area contributed by atoms with Gasteiger partial charge in [-0.25, -0.2) is 14.8 Å². The highest BCUT2D eigenvalue weighted by atomic mass is 16.7. The number of hydrogen-bond donors (Lipinski definition) is 4. The van der Waals surface area contributed by atoms with E-state index in [1.807, 2.05) is 63.7 Å². The van der Waals surface area contributed by atoms with E-state index in [0.717, 1.165) is 48.3 Å². The fraction of sp³-hybridized carbons (Fsp3) is 0.444. The number of hydrogen-bond acceptors (Lipinski definition) is 14. The minimum absolute atomic E-state index is 0.0196. The summed E-state index contributed by atoms with van der Waals surface area (Å²) < 4.78 is 25.7. The van der Waals surface area contributed by atoms with Gasteiger partial charge in [-0.05, 0) is 114 Å². The number of aromatic nitrogens is 2. The zero-order valence-electron chi connectivity index (χ0n) is 33.7. The summed E-state index contributed by atoms with van der Waals surface area (Å²) in [6, 6.07) is 10.8. The molecule has 4 fully saturated rings. The summed E-state index contributed by atoms with van der Waals surface area (Å²) in [5, 5.41) is 15.4. The van der Waals surface area contributed by atoms with E-state index in [4.69, 9.17) is 30.1 Å². The zero-order chi connectivity index (χ0) is 41.0. The Bertz CT molecular complexity index is 2580. The second kappa shape index (κ2) is 13.7. The number of fused-ring (bicyclic) bond motifs is 6. The number of carbonyl (C=O) groups excluding carboxylic acids is 1. The molecule has 1 spiro atoms. The lowest BCUT2D eigenvalue weighted by molar-refractivity contribution is -0.172. The van der Waals surface area contributed by atoms with Crippen molar-refractivity contribution in [3.05, 3.63) is 92.7 Å². The van der Waals surface area contributed by atoms with Gasteiger partial charge in [0.2, 0.25) is 0 Å². The Morgan fingerprint density at radius 1 is 1.05 bits per heavy atom. The molecule has 7 atom stereocenters. The molecule has 7 aliphatic rings. The molecule has 2 bridgehead atoms. The van der Waals surface area contributed by atoms with Crippen molar-refractivity contribution in [3.63, 3.8) is 0 Å². The third-order valence-electron chi connectivity index (χ3n) is 13.4. The summed E-state index contributed by atoms with van der Waals surface area (Å²) in [6.45, 7) is 7.56. The van der Waals surface area contributed by atoms with E-state index in [-0.39, 0.29) is 46.0 Å². The van der Waals surface area contributed by atoms with Crippen molar-refractivity contribution in [1.29, 1.82) is 0 Å². The van der Waals surface area contributed by atoms with E-state index in [1.54, 1.807) is 13.0 Å². The third-order valence-corrected chi connectivity index (χ3v) is 13.4. The maximum Gasteiger partial charge on any atom is 0.341 e. The van der Waals surface area contributed by atoms with Crippen LogP contribution in [0.25, 0.3) is 22.2 Å². The number of benzene rings is 1. The van der Waals surface area contributed by atoms with Crippen molar-refractivity contribution in [2.24, 2.45) is 22.7 Å². The van der Waals surface area contributed by atoms with Crippen LogP contribution in [0.5, 0.6) is 11.5 Å². The van der Waals surface area contributed by atoms with E-state index < -0.39 is 29.2 Å². The quantitative estimate of drug-likeness (QED) is 0.132. The maximum absolute atomic E-state index is 14.7. The van der Waals surface area contributed by atoms with Gasteiger partial charge in [-0.15, -0.1) is 0 Å². The molecule has 0 radical (unpaired) electrons. The molecule has 6 aliphatic heterocycles. The van der Waals surface area contributed by atoms with Gasteiger partial charge in [0.1, 0.15) is 51.6 Å². The number of aliphatic imine (C=N–C) groups is 1. The first-order valence-electron chi connectivity index (χ1n) is 20.6. The molecule has 14 nitrogen and oxygen atoms in total. The molecule has 1 aliphatic carbocycles. The van der Waals surface area contributed by atoms with E-state index >= 15 is 0 Å². The average molecular weight is 800 g/mol. The Morgan fingerprint density at radius 2 is 1.88 bits per heavy atom. The topological polar surface area (TPSA) is 204 Å². The number of rotatable bonds is 8. The number of aromatic hydroxyl groups is 1. The lowest BCUT2D eigenvalue weighted by atomic mass is 9.61. The zero-order valence-corrected chi connectivity index (χ0v) is 33.7. The van der Waals surface area contributed by atoms with Crippen molar-refractivity contribution >= 4 is 34.8 Å². The first-order chi connectivity index (χ1) is 28.3. The van der Waals surface area contributed by atoms with Crippen LogP contribution in [0.3, 0.4) is 0 Å². The first-order valence-corrected chi connectivity index (χ1v) is 20.6. The molecule has 6 N–H and O–H groups in total. The number of nitrogens with two attached hydrogens (primary N) is 2. The second-order valence-corrected chi connectivity index (χ2v) is 17.7. The van der Waals surface area contributed by atoms with Gasteiger partial charge < -0.3 is 45.4 Å². The van der Waals surface area contributed by atoms with Gasteiger partial charge in [0.05, 0.1) is 29.7 Å². The summed E-state index contributed by atoms with van der Waals surface area (Å²) in [4.78, 5) is 43.9. The largest absolute Gasteiger partial charge is 0.507 e. The Kier molecular flexibility index (Phi) is 8.69. The van der Waals surface area contributed by atoms with Gasteiger partial charge in [0.15, 0.2) is 11.0 Å². The van der Waals surface area contributed by atoms with E-state index in [2.05, 4.69) is 25.2 Å². The number of allylic oxidation sites excluding steroid dienone is 1. The highest BCUT2D eigenvalue weighted by Crippen LogP contribution is 2.61. The minimum Gasteiger partial charge on any atom is -0.507 e. The lowest BCUT2D eigenvalue weighted by Gasteiger charge is -2.48. The van der Waals surface area contributed by atoms with Crippen LogP contribution in [0.1, 0.15) is 68.0 Å². The van der Waals surface area contributed by atoms with Crippen LogP contribution in [-0.2, 0) is 27.2 Å². The molecular weight excluding hydrogens is 751 g/mol. The number of ether oxygens (including phenoxy) is 3. The van der Waals surface area contributed by atoms with Crippen LogP contribution < -0.4 is 26.9 Å². The Hall–Kier alpha value is -5.73. The van der Waals surface area contributed by atoms with Crippen LogP contribution in [0, 0.1) is 24.7 Å². The van der Waals surface area contributed by atoms with E-state index in [9.17, 15) is 14.7 Å². The average Bonchev–Trinajstić information content (AvgIpc) is 3.52. The SMILES string of the molecule is CNC[C@@H]1C[C@@H]2CC[C@H]1[C@H]1c3c(cc4oc(C)cc(=O)c4c3O)OC(C)(C)[C@@H]1OC(=O)[C@]21O[C@@H]1CCc1cc(N)nc(-c2cc(N)nc(CN3C=C4N=CC=C4C3)c2)c1. The highest BCUT2D eigenvalue weighted by molar-refractivity contribution is 5.88. The summed E-state index contributed by atoms with van der Waals surface area (Å²) in [6.07, 6.45) is 8.19. The maximum atomic E-state index is 14.7. The molecule has 0 amide bonds. The smallest absolute Gasteiger partial charge is 0.341 e. The Balaban J connectivity index is 0.929. The van der Waals surface area contributed by atoms with Crippen LogP contribution in [0.2, 0.25) is 0 Å². The number of nitrogen functional groups attached to an aromatic ring is 2. The van der Waals surface area contributed by atoms with Crippen LogP contribution >= 0.6 is 0 Å². The first kappa shape index (κ1) is 37.5. The summed E-state index contributed by atoms with van der Waals surface area (Å²) >= 11 is 0. The van der Waals surface area contributed by atoms with Gasteiger partial charge in [0.25, 0.3) is 0 Å². The molecule has 0 unspecified atom stereocenters. The number of nitrogens with one attached hydrogen (secondary N) is 1. The van der Waals surface area contributed by atoms with Gasteiger partial charge in [-0.1, -0.05) is 0 Å². The van der Waals surface area contributed by atoms with Crippen LogP contribution in [-0.4, -0.2) is 75.7 Å². The molecule has 306 valence electrons. The molecule has 4 aromatic rings. The fourth-order valence-electron chi connectivity index (χ4n) is 10.8. The normalized spacial score (nSPS) is 28.5. The molecule has 59 heavy (non-hydrogen) atoms. The number of pyridine rings is 2. The molecule has 1 saturated carbocycles. The second-order valence-electron chi connectivity index (χ2n) is 17.7. The van der Waals surface area contributed by atoms with Crippen LogP contribution in [0.4, 0.5) is 11.6 Å². The third kappa shape index (κ3) is 6.26. The molecular formula is C45H49N7O7. The van der Waals surface area contributed by atoms with Gasteiger partial charge in [-0.3, -0.25) is 9.79 Å². The highest BCUT2D eigenvalue weighted by Gasteiger charge is 2.70. The van der Waals surface area contributed by atoms with Gasteiger partial charge in [0, 0.05) is 59.6 Å². The summed E-state index contributed by atoms with van der Waals surface area (Å²) in [5.41, 5.74) is 16.5. The minimum atomic E-state index is -1.12. The Labute approximate surface area is 341 Å². The number of esters is 1. The summed E-state index contributed by atoms with van der Waals surface area (Å²) in [5.74, 6) is 0.719. The number of epoxide rings is 1. The fourth-order valence-corrected chi connectivity index (χ4v) is 10.8. The van der Waals surface area contributed by atoms with Crippen molar-refractivity contribution in [1.82, 2.24) is 20.2 Å². The molecule has 9 heterocycles. The summed E-state index contributed by atoms with van der Waals surface area (Å²) in [7, 11) is 1.94. The number of aryl methyl sites for hydroxylation is 2. The molecule has 3 saturated heterocycles. The van der Waals surface area contributed by atoms with Crippen molar-refractivity contribution in [3.8, 4) is 22.8 Å². The lowest BCUT2D eigenvalue weighted by Crippen LogP contribution is -2.54. The Morgan fingerprint density at radius 3 is 2.69 bits per heavy atom. The monoisotopic (exact) mass is 799 g/mol. The molecule has 14 heteroatoms. The number of phenols is 1. The molecule has 11 rings (SSSR count). The van der Waals surface area contributed by atoms with E-state index in [1.165, 1.54) is 11.6 Å². The van der Waals surface area contributed by atoms with Crippen LogP contribution in [0.15, 0.2) is 74.1 Å².